The van der Waals surface area contributed by atoms with E-state index in [0.29, 0.717) is 17.0 Å². The highest BCUT2D eigenvalue weighted by Gasteiger charge is 2.18. The van der Waals surface area contributed by atoms with Crippen molar-refractivity contribution in [3.8, 4) is 5.75 Å². The van der Waals surface area contributed by atoms with Crippen molar-refractivity contribution in [2.45, 2.75) is 32.8 Å². The van der Waals surface area contributed by atoms with Gasteiger partial charge in [0.15, 0.2) is 0 Å². The minimum atomic E-state index is -0.123. The lowest BCUT2D eigenvalue weighted by Crippen LogP contribution is -2.13. The zero-order valence-corrected chi connectivity index (χ0v) is 10.2. The number of aliphatic hydroxyl groups is 1. The zero-order valence-electron chi connectivity index (χ0n) is 10.2. The van der Waals surface area contributed by atoms with Gasteiger partial charge < -0.3 is 9.84 Å². The zero-order chi connectivity index (χ0) is 12.3. The lowest BCUT2D eigenvalue weighted by Gasteiger charge is -2.22. The number of hydrogen-bond donors (Lipinski definition) is 3. The first-order valence-electron chi connectivity index (χ1n) is 5.16. The Morgan fingerprint density at radius 2 is 1.94 bits per heavy atom. The van der Waals surface area contributed by atoms with Gasteiger partial charge in [0.25, 0.3) is 0 Å². The maximum absolute atomic E-state index is 9.27. The lowest BCUT2D eigenvalue weighted by molar-refractivity contribution is 0.273. The fourth-order valence-electron chi connectivity index (χ4n) is 1.56. The van der Waals surface area contributed by atoms with E-state index in [1.165, 1.54) is 7.11 Å². The van der Waals surface area contributed by atoms with Crippen molar-refractivity contribution in [3.05, 3.63) is 23.3 Å². The van der Waals surface area contributed by atoms with E-state index in [1.807, 2.05) is 12.1 Å². The van der Waals surface area contributed by atoms with E-state index in [2.05, 4.69) is 26.3 Å². The smallest absolute Gasteiger partial charge is 0.149 e. The average Bonchev–Trinajstić information content (AvgIpc) is 2.25. The second-order valence-corrected chi connectivity index (χ2v) is 4.74. The maximum atomic E-state index is 9.27. The lowest BCUT2D eigenvalue weighted by atomic mass is 9.85. The molecule has 0 spiro atoms. The van der Waals surface area contributed by atoms with E-state index < -0.39 is 0 Å². The maximum Gasteiger partial charge on any atom is 0.149 e. The molecule has 0 saturated carbocycles. The van der Waals surface area contributed by atoms with Crippen LogP contribution < -0.4 is 10.2 Å². The number of rotatable bonds is 3. The van der Waals surface area contributed by atoms with Crippen molar-refractivity contribution >= 4 is 5.69 Å². The Bertz CT molecular complexity index is 344. The Kier molecular flexibility index (Phi) is 3.78. The molecule has 4 heteroatoms. The number of methoxy groups -OCH3 is 1. The second kappa shape index (κ2) is 4.72. The molecule has 1 rings (SSSR count). The molecular formula is C12H19NO3. The van der Waals surface area contributed by atoms with Gasteiger partial charge in [0.05, 0.1) is 13.7 Å². The van der Waals surface area contributed by atoms with Crippen LogP contribution in [0.1, 0.15) is 31.9 Å². The van der Waals surface area contributed by atoms with Crippen LogP contribution in [0.25, 0.3) is 0 Å². The molecule has 0 aliphatic heterocycles. The first-order chi connectivity index (χ1) is 7.43. The molecule has 0 fully saturated rings. The third-order valence-corrected chi connectivity index (χ3v) is 2.53. The molecule has 4 nitrogen and oxygen atoms in total. The minimum absolute atomic E-state index is 0.0538. The summed E-state index contributed by atoms with van der Waals surface area (Å²) in [6, 6.07) is 3.71. The number of hydrogen-bond acceptors (Lipinski definition) is 4. The van der Waals surface area contributed by atoms with Crippen molar-refractivity contribution in [3.63, 3.8) is 0 Å². The van der Waals surface area contributed by atoms with Crippen LogP contribution in [0, 0.1) is 0 Å². The number of aliphatic hydroxyl groups excluding tert-OH is 1. The summed E-state index contributed by atoms with van der Waals surface area (Å²) in [5.74, 6) is 0.470. The monoisotopic (exact) mass is 225 g/mol. The van der Waals surface area contributed by atoms with Gasteiger partial charge in [-0.15, -0.1) is 0 Å². The molecule has 0 unspecified atom stereocenters. The first kappa shape index (κ1) is 12.8. The number of nitrogens with one attached hydrogen (secondary N) is 1. The van der Waals surface area contributed by atoms with Crippen molar-refractivity contribution in [2.75, 3.05) is 12.6 Å². The predicted octanol–water partition coefficient (Wildman–Crippen LogP) is 2.29. The first-order valence-corrected chi connectivity index (χ1v) is 5.16. The molecule has 0 radical (unpaired) electrons. The quantitative estimate of drug-likeness (QED) is 0.691. The topological polar surface area (TPSA) is 61.7 Å². The molecule has 1 aromatic rings. The van der Waals surface area contributed by atoms with Crippen molar-refractivity contribution in [1.82, 2.24) is 0 Å². The largest absolute Gasteiger partial charge is 0.494 e. The van der Waals surface area contributed by atoms with Crippen LogP contribution in [0.5, 0.6) is 5.75 Å². The van der Waals surface area contributed by atoms with E-state index in [0.717, 1.165) is 5.56 Å². The molecule has 16 heavy (non-hydrogen) atoms. The third kappa shape index (κ3) is 2.46. The Morgan fingerprint density at radius 3 is 2.31 bits per heavy atom. The Balaban J connectivity index is 3.37. The minimum Gasteiger partial charge on any atom is -0.494 e. The van der Waals surface area contributed by atoms with Crippen molar-refractivity contribution in [2.24, 2.45) is 0 Å². The van der Waals surface area contributed by atoms with Gasteiger partial charge in [-0.1, -0.05) is 20.8 Å². The van der Waals surface area contributed by atoms with Crippen LogP contribution in [0.3, 0.4) is 0 Å². The van der Waals surface area contributed by atoms with Crippen molar-refractivity contribution in [1.29, 1.82) is 0 Å². The van der Waals surface area contributed by atoms with Crippen LogP contribution >= 0.6 is 0 Å². The molecule has 0 saturated heterocycles. The third-order valence-electron chi connectivity index (χ3n) is 2.53. The van der Waals surface area contributed by atoms with E-state index in [-0.39, 0.29) is 12.0 Å². The van der Waals surface area contributed by atoms with Crippen LogP contribution in [-0.4, -0.2) is 17.4 Å². The molecule has 90 valence electrons. The van der Waals surface area contributed by atoms with Crippen LogP contribution in [0.2, 0.25) is 0 Å². The van der Waals surface area contributed by atoms with Crippen molar-refractivity contribution < 1.29 is 15.1 Å². The molecule has 0 aromatic heterocycles. The van der Waals surface area contributed by atoms with Gasteiger partial charge in [-0.3, -0.25) is 10.7 Å². The second-order valence-electron chi connectivity index (χ2n) is 4.74. The fraction of sp³-hybridized carbons (Fsp3) is 0.500. The van der Waals surface area contributed by atoms with Gasteiger partial charge in [0.2, 0.25) is 0 Å². The molecule has 0 aliphatic rings. The molecule has 1 aromatic carbocycles. The van der Waals surface area contributed by atoms with Crippen LogP contribution in [0.15, 0.2) is 12.1 Å². The van der Waals surface area contributed by atoms with Gasteiger partial charge in [0.1, 0.15) is 11.4 Å². The summed E-state index contributed by atoms with van der Waals surface area (Å²) in [6.07, 6.45) is 0. The summed E-state index contributed by atoms with van der Waals surface area (Å²) in [5, 5.41) is 18.3. The summed E-state index contributed by atoms with van der Waals surface area (Å²) in [4.78, 5) is 0. The molecule has 0 heterocycles. The highest BCUT2D eigenvalue weighted by atomic mass is 16.5. The number of ether oxygens (including phenoxy) is 1. The van der Waals surface area contributed by atoms with Crippen LogP contribution in [0.4, 0.5) is 5.69 Å². The van der Waals surface area contributed by atoms with Gasteiger partial charge in [-0.2, -0.15) is 0 Å². The summed E-state index contributed by atoms with van der Waals surface area (Å²) in [5.41, 5.74) is 4.20. The highest BCUT2D eigenvalue weighted by Crippen LogP contribution is 2.34. The van der Waals surface area contributed by atoms with Gasteiger partial charge in [0, 0.05) is 5.56 Å². The molecule has 0 bridgehead atoms. The molecular weight excluding hydrogens is 206 g/mol. The Hall–Kier alpha value is -1.26. The summed E-state index contributed by atoms with van der Waals surface area (Å²) >= 11 is 0. The predicted molar refractivity (Wildman–Crippen MR) is 63.0 cm³/mol. The normalized spacial score (nSPS) is 11.4. The van der Waals surface area contributed by atoms with E-state index >= 15 is 0 Å². The Labute approximate surface area is 95.8 Å². The molecule has 0 atom stereocenters. The van der Waals surface area contributed by atoms with Gasteiger partial charge in [-0.25, -0.2) is 0 Å². The number of benzene rings is 1. The Morgan fingerprint density at radius 1 is 1.31 bits per heavy atom. The number of anilines is 1. The van der Waals surface area contributed by atoms with E-state index in [1.54, 1.807) is 0 Å². The van der Waals surface area contributed by atoms with Gasteiger partial charge >= 0.3 is 0 Å². The summed E-state index contributed by atoms with van der Waals surface area (Å²) in [6.45, 7) is 6.08. The standard InChI is InChI=1S/C12H19NO3/c1-12(2,3)9-5-8(7-14)11(16-4)10(6-9)13-15/h5-6,13-15H,7H2,1-4H3. The van der Waals surface area contributed by atoms with E-state index in [4.69, 9.17) is 9.94 Å². The molecule has 0 amide bonds. The average molecular weight is 225 g/mol. The van der Waals surface area contributed by atoms with Gasteiger partial charge in [-0.05, 0) is 23.1 Å². The SMILES string of the molecule is COc1c(CO)cc(C(C)(C)C)cc1NO. The fourth-order valence-corrected chi connectivity index (χ4v) is 1.56. The summed E-state index contributed by atoms with van der Waals surface area (Å²) in [7, 11) is 1.51. The molecule has 0 aliphatic carbocycles. The highest BCUT2D eigenvalue weighted by molar-refractivity contribution is 5.61. The van der Waals surface area contributed by atoms with E-state index in [9.17, 15) is 5.11 Å². The summed E-state index contributed by atoms with van der Waals surface area (Å²) < 4.78 is 5.14. The molecule has 3 N–H and O–H groups in total. The van der Waals surface area contributed by atoms with Crippen LogP contribution in [-0.2, 0) is 12.0 Å².